The molecule has 2 N–H and O–H groups in total. The van der Waals surface area contributed by atoms with Crippen LogP contribution >= 0.6 is 0 Å². The highest BCUT2D eigenvalue weighted by Crippen LogP contribution is 2.15. The monoisotopic (exact) mass is 285 g/mol. The standard InChI is InChI=1S/C14H23NO3S/c1-14(11-16,12-17)10-15(2)8-9-19(18)13-6-4-3-5-7-13/h3-7,16-17H,8-12H2,1-2H3. The third-order valence-electron chi connectivity index (χ3n) is 3.08. The van der Waals surface area contributed by atoms with E-state index < -0.39 is 16.2 Å². The van der Waals surface area contributed by atoms with Crippen molar-refractivity contribution >= 4 is 10.8 Å². The molecule has 5 heteroatoms. The summed E-state index contributed by atoms with van der Waals surface area (Å²) in [7, 11) is 0.906. The first kappa shape index (κ1) is 16.3. The van der Waals surface area contributed by atoms with E-state index in [0.29, 0.717) is 18.8 Å². The van der Waals surface area contributed by atoms with Crippen LogP contribution in [0.15, 0.2) is 35.2 Å². The molecule has 0 aliphatic rings. The van der Waals surface area contributed by atoms with Crippen molar-refractivity contribution in [1.82, 2.24) is 4.90 Å². The molecule has 0 radical (unpaired) electrons. The Morgan fingerprint density at radius 3 is 2.32 bits per heavy atom. The summed E-state index contributed by atoms with van der Waals surface area (Å²) >= 11 is 0. The predicted molar refractivity (Wildman–Crippen MR) is 77.5 cm³/mol. The summed E-state index contributed by atoms with van der Waals surface area (Å²) in [6, 6.07) is 9.39. The summed E-state index contributed by atoms with van der Waals surface area (Å²) < 4.78 is 12.0. The third kappa shape index (κ3) is 5.40. The van der Waals surface area contributed by atoms with Gasteiger partial charge in [0.25, 0.3) is 0 Å². The van der Waals surface area contributed by atoms with Crippen LogP contribution in [0, 0.1) is 5.41 Å². The summed E-state index contributed by atoms with van der Waals surface area (Å²) in [5.41, 5.74) is -0.511. The first-order chi connectivity index (χ1) is 9.00. The third-order valence-corrected chi connectivity index (χ3v) is 4.43. The molecule has 0 heterocycles. The zero-order valence-corrected chi connectivity index (χ0v) is 12.4. The van der Waals surface area contributed by atoms with Gasteiger partial charge in [0.1, 0.15) is 0 Å². The van der Waals surface area contributed by atoms with Gasteiger partial charge in [-0.1, -0.05) is 25.1 Å². The van der Waals surface area contributed by atoms with Crippen molar-refractivity contribution in [1.29, 1.82) is 0 Å². The van der Waals surface area contributed by atoms with E-state index >= 15 is 0 Å². The number of hydrogen-bond acceptors (Lipinski definition) is 4. The van der Waals surface area contributed by atoms with Gasteiger partial charge in [0.15, 0.2) is 0 Å². The molecule has 0 aliphatic heterocycles. The zero-order chi connectivity index (χ0) is 14.3. The number of aliphatic hydroxyl groups is 2. The van der Waals surface area contributed by atoms with Gasteiger partial charge in [-0.05, 0) is 19.2 Å². The molecular weight excluding hydrogens is 262 g/mol. The van der Waals surface area contributed by atoms with Gasteiger partial charge in [0, 0.05) is 29.2 Å². The smallest absolute Gasteiger partial charge is 0.0542 e. The SMILES string of the molecule is CN(CCS(=O)c1ccccc1)CC(C)(CO)CO. The lowest BCUT2D eigenvalue weighted by Crippen LogP contribution is -2.40. The Balaban J connectivity index is 2.42. The highest BCUT2D eigenvalue weighted by atomic mass is 32.2. The van der Waals surface area contributed by atoms with Crippen molar-refractivity contribution in [3.63, 3.8) is 0 Å². The minimum absolute atomic E-state index is 0.0599. The van der Waals surface area contributed by atoms with E-state index in [-0.39, 0.29) is 13.2 Å². The van der Waals surface area contributed by atoms with Gasteiger partial charge in [-0.15, -0.1) is 0 Å². The summed E-state index contributed by atoms with van der Waals surface area (Å²) in [5.74, 6) is 0.549. The van der Waals surface area contributed by atoms with E-state index in [4.69, 9.17) is 0 Å². The van der Waals surface area contributed by atoms with Crippen molar-refractivity contribution in [3.8, 4) is 0 Å². The maximum absolute atomic E-state index is 12.0. The minimum atomic E-state index is -1.00. The highest BCUT2D eigenvalue weighted by molar-refractivity contribution is 7.85. The molecule has 0 bridgehead atoms. The fourth-order valence-electron chi connectivity index (χ4n) is 1.81. The lowest BCUT2D eigenvalue weighted by molar-refractivity contribution is 0.0435. The van der Waals surface area contributed by atoms with Crippen molar-refractivity contribution in [2.45, 2.75) is 11.8 Å². The lowest BCUT2D eigenvalue weighted by atomic mass is 9.92. The number of nitrogens with zero attached hydrogens (tertiary/aromatic N) is 1. The van der Waals surface area contributed by atoms with Crippen molar-refractivity contribution in [2.24, 2.45) is 5.41 Å². The molecule has 1 aromatic carbocycles. The van der Waals surface area contributed by atoms with Crippen LogP contribution in [0.25, 0.3) is 0 Å². The second kappa shape index (κ2) is 7.75. The summed E-state index contributed by atoms with van der Waals surface area (Å²) in [6.07, 6.45) is 0. The van der Waals surface area contributed by atoms with Crippen molar-refractivity contribution < 1.29 is 14.4 Å². The molecule has 0 aliphatic carbocycles. The Kier molecular flexibility index (Phi) is 6.65. The molecule has 0 saturated carbocycles. The zero-order valence-electron chi connectivity index (χ0n) is 11.6. The van der Waals surface area contributed by atoms with Gasteiger partial charge in [0.05, 0.1) is 24.0 Å². The molecule has 0 amide bonds. The quantitative estimate of drug-likeness (QED) is 0.739. The number of aliphatic hydroxyl groups excluding tert-OH is 2. The van der Waals surface area contributed by atoms with Gasteiger partial charge in [-0.25, -0.2) is 0 Å². The van der Waals surface area contributed by atoms with E-state index in [1.807, 2.05) is 49.2 Å². The molecule has 1 unspecified atom stereocenters. The molecule has 0 fully saturated rings. The van der Waals surface area contributed by atoms with E-state index in [1.165, 1.54) is 0 Å². The van der Waals surface area contributed by atoms with Crippen LogP contribution in [-0.4, -0.2) is 58.4 Å². The summed E-state index contributed by atoms with van der Waals surface area (Å²) in [6.45, 7) is 2.95. The number of benzene rings is 1. The lowest BCUT2D eigenvalue weighted by Gasteiger charge is -2.30. The molecule has 108 valence electrons. The van der Waals surface area contributed by atoms with E-state index in [9.17, 15) is 14.4 Å². The van der Waals surface area contributed by atoms with Crippen LogP contribution in [0.5, 0.6) is 0 Å². The van der Waals surface area contributed by atoms with Crippen molar-refractivity contribution in [2.75, 3.05) is 39.1 Å². The Morgan fingerprint density at radius 2 is 1.79 bits per heavy atom. The van der Waals surface area contributed by atoms with Crippen LogP contribution in [0.4, 0.5) is 0 Å². The second-order valence-electron chi connectivity index (χ2n) is 5.23. The molecule has 19 heavy (non-hydrogen) atoms. The summed E-state index contributed by atoms with van der Waals surface area (Å²) in [5, 5.41) is 18.5. The molecule has 1 aromatic rings. The van der Waals surface area contributed by atoms with Crippen molar-refractivity contribution in [3.05, 3.63) is 30.3 Å². The molecule has 0 spiro atoms. The fourth-order valence-corrected chi connectivity index (χ4v) is 2.98. The molecule has 1 rings (SSSR count). The van der Waals surface area contributed by atoms with Crippen LogP contribution in [0.1, 0.15) is 6.92 Å². The highest BCUT2D eigenvalue weighted by Gasteiger charge is 2.24. The Morgan fingerprint density at radius 1 is 1.21 bits per heavy atom. The van der Waals surface area contributed by atoms with Crippen LogP contribution in [0.3, 0.4) is 0 Å². The molecule has 1 atom stereocenters. The van der Waals surface area contributed by atoms with Crippen LogP contribution in [-0.2, 0) is 10.8 Å². The van der Waals surface area contributed by atoms with E-state index in [1.54, 1.807) is 0 Å². The average molecular weight is 285 g/mol. The minimum Gasteiger partial charge on any atom is -0.396 e. The maximum Gasteiger partial charge on any atom is 0.0542 e. The fraction of sp³-hybridized carbons (Fsp3) is 0.571. The van der Waals surface area contributed by atoms with Gasteiger partial charge in [0.2, 0.25) is 0 Å². The topological polar surface area (TPSA) is 60.8 Å². The van der Waals surface area contributed by atoms with Gasteiger partial charge in [-0.2, -0.15) is 0 Å². The predicted octanol–water partition coefficient (Wildman–Crippen LogP) is 0.717. The maximum atomic E-state index is 12.0. The Labute approximate surface area is 117 Å². The first-order valence-corrected chi connectivity index (χ1v) is 7.66. The van der Waals surface area contributed by atoms with Gasteiger partial charge < -0.3 is 15.1 Å². The van der Waals surface area contributed by atoms with E-state index in [0.717, 1.165) is 4.90 Å². The second-order valence-corrected chi connectivity index (χ2v) is 6.80. The molecule has 4 nitrogen and oxygen atoms in total. The molecule has 0 aromatic heterocycles. The van der Waals surface area contributed by atoms with Crippen LogP contribution < -0.4 is 0 Å². The van der Waals surface area contributed by atoms with E-state index in [2.05, 4.69) is 0 Å². The normalized spacial score (nSPS) is 13.7. The average Bonchev–Trinajstić information content (AvgIpc) is 2.45. The largest absolute Gasteiger partial charge is 0.396 e. The summed E-state index contributed by atoms with van der Waals surface area (Å²) in [4.78, 5) is 2.83. The molecular formula is C14H23NO3S. The first-order valence-electron chi connectivity index (χ1n) is 6.34. The van der Waals surface area contributed by atoms with Gasteiger partial charge in [-0.3, -0.25) is 4.21 Å². The number of rotatable bonds is 8. The number of hydrogen-bond donors (Lipinski definition) is 2. The molecule has 0 saturated heterocycles. The Hall–Kier alpha value is -0.750. The Bertz CT molecular complexity index is 393. The van der Waals surface area contributed by atoms with Gasteiger partial charge >= 0.3 is 0 Å². The van der Waals surface area contributed by atoms with Crippen LogP contribution in [0.2, 0.25) is 0 Å².